The lowest BCUT2D eigenvalue weighted by molar-refractivity contribution is 0.677. The Hall–Kier alpha value is -0.500. The van der Waals surface area contributed by atoms with Gasteiger partial charge in [0.1, 0.15) is 0 Å². The van der Waals surface area contributed by atoms with Gasteiger partial charge in [0, 0.05) is 10.0 Å². The molecule has 0 radical (unpaired) electrons. The van der Waals surface area contributed by atoms with E-state index in [4.69, 9.17) is 23.2 Å². The van der Waals surface area contributed by atoms with Gasteiger partial charge in [-0.15, -0.1) is 0 Å². The van der Waals surface area contributed by atoms with Crippen molar-refractivity contribution in [2.75, 3.05) is 13.1 Å². The summed E-state index contributed by atoms with van der Waals surface area (Å²) in [7, 11) is 0. The summed E-state index contributed by atoms with van der Waals surface area (Å²) >= 11 is 12.3. The van der Waals surface area contributed by atoms with Crippen LogP contribution < -0.4 is 5.32 Å². The van der Waals surface area contributed by atoms with Crippen LogP contribution in [0.4, 0.5) is 0 Å². The number of hydrogen-bond donors (Lipinski definition) is 1. The Morgan fingerprint density at radius 2 is 1.89 bits per heavy atom. The van der Waals surface area contributed by atoms with E-state index < -0.39 is 0 Å². The van der Waals surface area contributed by atoms with E-state index in [9.17, 15) is 0 Å². The van der Waals surface area contributed by atoms with Gasteiger partial charge in [-0.3, -0.25) is 0 Å². The molecule has 0 unspecified atom stereocenters. The summed E-state index contributed by atoms with van der Waals surface area (Å²) < 4.78 is 0. The first-order valence-corrected chi connectivity index (χ1v) is 7.20. The average molecular weight is 286 g/mol. The molecule has 1 nitrogen and oxygen atoms in total. The summed E-state index contributed by atoms with van der Waals surface area (Å²) in [5.74, 6) is 0. The molecular weight excluding hydrogens is 265 g/mol. The van der Waals surface area contributed by atoms with Gasteiger partial charge >= 0.3 is 0 Å². The van der Waals surface area contributed by atoms with E-state index in [0.717, 1.165) is 41.5 Å². The maximum Gasteiger partial charge on any atom is 0.0456 e. The van der Waals surface area contributed by atoms with Crippen molar-refractivity contribution in [2.24, 2.45) is 0 Å². The van der Waals surface area contributed by atoms with Crippen LogP contribution in [0.1, 0.15) is 32.3 Å². The number of nitrogens with one attached hydrogen (secondary N) is 1. The summed E-state index contributed by atoms with van der Waals surface area (Å²) in [5, 5.41) is 4.88. The SMILES string of the molecule is CCCNCCC=C(C)Cc1c(Cl)cccc1Cl. The monoisotopic (exact) mass is 285 g/mol. The van der Waals surface area contributed by atoms with Crippen molar-refractivity contribution in [1.82, 2.24) is 5.32 Å². The van der Waals surface area contributed by atoms with E-state index in [2.05, 4.69) is 25.2 Å². The molecule has 0 bridgehead atoms. The van der Waals surface area contributed by atoms with Gasteiger partial charge in [-0.25, -0.2) is 0 Å². The zero-order valence-electron chi connectivity index (χ0n) is 11.1. The van der Waals surface area contributed by atoms with Crippen LogP contribution in [0.2, 0.25) is 10.0 Å². The molecule has 0 aromatic heterocycles. The fraction of sp³-hybridized carbons (Fsp3) is 0.467. The minimum absolute atomic E-state index is 0.749. The predicted octanol–water partition coefficient (Wildman–Crippen LogP) is 4.87. The zero-order valence-corrected chi connectivity index (χ0v) is 12.6. The van der Waals surface area contributed by atoms with Gasteiger partial charge in [-0.1, -0.05) is 47.8 Å². The van der Waals surface area contributed by atoms with Crippen LogP contribution in [-0.4, -0.2) is 13.1 Å². The molecule has 0 saturated heterocycles. The first-order valence-electron chi connectivity index (χ1n) is 6.44. The Morgan fingerprint density at radius 1 is 1.22 bits per heavy atom. The van der Waals surface area contributed by atoms with Gasteiger partial charge < -0.3 is 5.32 Å². The maximum atomic E-state index is 6.15. The number of halogens is 2. The maximum absolute atomic E-state index is 6.15. The van der Waals surface area contributed by atoms with Gasteiger partial charge in [-0.05, 0) is 57.0 Å². The molecule has 18 heavy (non-hydrogen) atoms. The number of rotatable bonds is 7. The van der Waals surface area contributed by atoms with Crippen LogP contribution in [-0.2, 0) is 6.42 Å². The molecule has 3 heteroatoms. The Balaban J connectivity index is 2.48. The smallest absolute Gasteiger partial charge is 0.0456 e. The van der Waals surface area contributed by atoms with Crippen LogP contribution in [0.15, 0.2) is 29.8 Å². The molecule has 1 N–H and O–H groups in total. The van der Waals surface area contributed by atoms with Gasteiger partial charge in [0.15, 0.2) is 0 Å². The molecule has 0 saturated carbocycles. The highest BCUT2D eigenvalue weighted by molar-refractivity contribution is 6.36. The lowest BCUT2D eigenvalue weighted by atomic mass is 10.1. The standard InChI is InChI=1S/C15H21Cl2N/c1-3-9-18-10-5-6-12(2)11-13-14(16)7-4-8-15(13)17/h4,6-8,18H,3,5,9-11H2,1-2H3. The Kier molecular flexibility index (Phi) is 7.41. The van der Waals surface area contributed by atoms with Crippen molar-refractivity contribution < 1.29 is 0 Å². The van der Waals surface area contributed by atoms with Gasteiger partial charge in [0.2, 0.25) is 0 Å². The zero-order chi connectivity index (χ0) is 13.4. The molecule has 0 aliphatic rings. The molecular formula is C15H21Cl2N. The second kappa shape index (κ2) is 8.58. The highest BCUT2D eigenvalue weighted by atomic mass is 35.5. The molecule has 0 fully saturated rings. The average Bonchev–Trinajstić information content (AvgIpc) is 2.34. The highest BCUT2D eigenvalue weighted by Crippen LogP contribution is 2.26. The lowest BCUT2D eigenvalue weighted by Crippen LogP contribution is -2.15. The first kappa shape index (κ1) is 15.6. The Morgan fingerprint density at radius 3 is 2.50 bits per heavy atom. The van der Waals surface area contributed by atoms with Crippen molar-refractivity contribution >= 4 is 23.2 Å². The quantitative estimate of drug-likeness (QED) is 0.557. The van der Waals surface area contributed by atoms with Crippen molar-refractivity contribution in [2.45, 2.75) is 33.1 Å². The van der Waals surface area contributed by atoms with Crippen molar-refractivity contribution in [3.05, 3.63) is 45.5 Å². The van der Waals surface area contributed by atoms with E-state index in [0.29, 0.717) is 0 Å². The van der Waals surface area contributed by atoms with E-state index >= 15 is 0 Å². The van der Waals surface area contributed by atoms with E-state index in [1.807, 2.05) is 18.2 Å². The van der Waals surface area contributed by atoms with Crippen molar-refractivity contribution in [3.63, 3.8) is 0 Å². The highest BCUT2D eigenvalue weighted by Gasteiger charge is 2.05. The first-order chi connectivity index (χ1) is 8.65. The third kappa shape index (κ3) is 5.43. The summed E-state index contributed by atoms with van der Waals surface area (Å²) in [5.41, 5.74) is 2.33. The molecule has 0 amide bonds. The fourth-order valence-electron chi connectivity index (χ4n) is 1.77. The Labute approximate surface area is 120 Å². The molecule has 0 spiro atoms. The normalized spacial score (nSPS) is 11.9. The number of allylic oxidation sites excluding steroid dienone is 1. The summed E-state index contributed by atoms with van der Waals surface area (Å²) in [6, 6.07) is 5.65. The lowest BCUT2D eigenvalue weighted by Gasteiger charge is -2.07. The molecule has 0 aliphatic carbocycles. The predicted molar refractivity (Wildman–Crippen MR) is 81.7 cm³/mol. The van der Waals surface area contributed by atoms with Gasteiger partial charge in [-0.2, -0.15) is 0 Å². The fourth-order valence-corrected chi connectivity index (χ4v) is 2.31. The minimum atomic E-state index is 0.749. The van der Waals surface area contributed by atoms with Crippen LogP contribution in [0.3, 0.4) is 0 Å². The van der Waals surface area contributed by atoms with Crippen LogP contribution in [0.5, 0.6) is 0 Å². The molecule has 1 rings (SSSR count). The number of hydrogen-bond acceptors (Lipinski definition) is 1. The van der Waals surface area contributed by atoms with E-state index in [1.165, 1.54) is 12.0 Å². The molecule has 1 aromatic rings. The molecule has 0 atom stereocenters. The van der Waals surface area contributed by atoms with Crippen molar-refractivity contribution in [1.29, 1.82) is 0 Å². The Bertz CT molecular complexity index is 379. The molecule has 100 valence electrons. The summed E-state index contributed by atoms with van der Waals surface area (Å²) in [4.78, 5) is 0. The topological polar surface area (TPSA) is 12.0 Å². The summed E-state index contributed by atoms with van der Waals surface area (Å²) in [6.45, 7) is 6.41. The second-order valence-electron chi connectivity index (χ2n) is 4.47. The summed E-state index contributed by atoms with van der Waals surface area (Å²) in [6.07, 6.45) is 5.31. The third-order valence-corrected chi connectivity index (χ3v) is 3.47. The largest absolute Gasteiger partial charge is 0.316 e. The molecule has 0 heterocycles. The van der Waals surface area contributed by atoms with Crippen LogP contribution >= 0.6 is 23.2 Å². The third-order valence-electron chi connectivity index (χ3n) is 2.76. The minimum Gasteiger partial charge on any atom is -0.316 e. The number of benzene rings is 1. The second-order valence-corrected chi connectivity index (χ2v) is 5.28. The van der Waals surface area contributed by atoms with E-state index in [1.54, 1.807) is 0 Å². The van der Waals surface area contributed by atoms with Crippen LogP contribution in [0, 0.1) is 0 Å². The van der Waals surface area contributed by atoms with Crippen LogP contribution in [0.25, 0.3) is 0 Å². The van der Waals surface area contributed by atoms with Gasteiger partial charge in [0.05, 0.1) is 0 Å². The van der Waals surface area contributed by atoms with E-state index in [-0.39, 0.29) is 0 Å². The molecule has 1 aromatic carbocycles. The van der Waals surface area contributed by atoms with Crippen molar-refractivity contribution in [3.8, 4) is 0 Å². The molecule has 0 aliphatic heterocycles. The van der Waals surface area contributed by atoms with Gasteiger partial charge in [0.25, 0.3) is 0 Å².